The van der Waals surface area contributed by atoms with E-state index in [0.717, 1.165) is 35.1 Å². The molecule has 1 fully saturated rings. The summed E-state index contributed by atoms with van der Waals surface area (Å²) < 4.78 is 5.60. The van der Waals surface area contributed by atoms with Crippen molar-refractivity contribution in [3.63, 3.8) is 0 Å². The third-order valence-electron chi connectivity index (χ3n) is 6.98. The molecule has 2 aromatic rings. The summed E-state index contributed by atoms with van der Waals surface area (Å²) in [5.74, 6) is -2.12. The van der Waals surface area contributed by atoms with Crippen LogP contribution in [-0.2, 0) is 14.3 Å². The predicted octanol–water partition coefficient (Wildman–Crippen LogP) is 4.31. The second-order valence-corrected chi connectivity index (χ2v) is 9.54. The van der Waals surface area contributed by atoms with Gasteiger partial charge in [0.2, 0.25) is 5.91 Å². The average molecular weight is 465 g/mol. The highest BCUT2D eigenvalue weighted by Gasteiger charge is 2.35. The summed E-state index contributed by atoms with van der Waals surface area (Å²) in [6, 6.07) is 15.0. The first kappa shape index (κ1) is 23.8. The molecule has 0 spiro atoms. The number of benzene rings is 2. The fraction of sp³-hybridized carbons (Fsp3) is 0.444. The zero-order valence-electron chi connectivity index (χ0n) is 19.6. The molecule has 2 unspecified atom stereocenters. The van der Waals surface area contributed by atoms with E-state index in [2.05, 4.69) is 34.9 Å². The molecule has 2 aromatic carbocycles. The number of carboxylic acids is 1. The van der Waals surface area contributed by atoms with Crippen molar-refractivity contribution in [2.75, 3.05) is 6.61 Å². The number of fused-ring (bicyclic) bond motifs is 3. The molecule has 0 saturated heterocycles. The van der Waals surface area contributed by atoms with Gasteiger partial charge in [0.1, 0.15) is 12.6 Å². The van der Waals surface area contributed by atoms with Crippen LogP contribution in [0.1, 0.15) is 56.6 Å². The number of carbonyl (C=O) groups is 3. The average Bonchev–Trinajstić information content (AvgIpc) is 3.15. The zero-order valence-corrected chi connectivity index (χ0v) is 19.6. The highest BCUT2D eigenvalue weighted by molar-refractivity contribution is 5.87. The summed E-state index contributed by atoms with van der Waals surface area (Å²) in [6.45, 7) is 3.84. The van der Waals surface area contributed by atoms with Crippen LogP contribution in [0.25, 0.3) is 11.1 Å². The minimum atomic E-state index is -0.893. The van der Waals surface area contributed by atoms with Crippen molar-refractivity contribution in [2.45, 2.75) is 57.5 Å². The molecule has 34 heavy (non-hydrogen) atoms. The highest BCUT2D eigenvalue weighted by atomic mass is 16.5. The van der Waals surface area contributed by atoms with Gasteiger partial charge in [0.05, 0.1) is 5.92 Å². The zero-order chi connectivity index (χ0) is 24.2. The van der Waals surface area contributed by atoms with E-state index < -0.39 is 30.1 Å². The van der Waals surface area contributed by atoms with E-state index in [-0.39, 0.29) is 24.3 Å². The number of alkyl carbamates (subject to hydrolysis) is 1. The van der Waals surface area contributed by atoms with Crippen LogP contribution in [0.3, 0.4) is 0 Å². The monoisotopic (exact) mass is 464 g/mol. The Morgan fingerprint density at radius 3 is 2.15 bits per heavy atom. The number of rotatable bonds is 7. The predicted molar refractivity (Wildman–Crippen MR) is 128 cm³/mol. The van der Waals surface area contributed by atoms with Crippen LogP contribution >= 0.6 is 0 Å². The van der Waals surface area contributed by atoms with E-state index in [4.69, 9.17) is 4.74 Å². The van der Waals surface area contributed by atoms with Crippen LogP contribution in [0.5, 0.6) is 0 Å². The Hall–Kier alpha value is -3.35. The van der Waals surface area contributed by atoms with Gasteiger partial charge in [-0.15, -0.1) is 0 Å². The smallest absolute Gasteiger partial charge is 0.407 e. The molecule has 7 nitrogen and oxygen atoms in total. The number of hydrogen-bond acceptors (Lipinski definition) is 4. The molecule has 1 saturated carbocycles. The lowest BCUT2D eigenvalue weighted by molar-refractivity contribution is -0.144. The summed E-state index contributed by atoms with van der Waals surface area (Å²) in [5.41, 5.74) is 4.53. The SMILES string of the molecule is CC(C)[C@H](NC(=O)OCC1c2ccccc2-c2ccccc21)C(=O)NC1CCCCC1C(=O)O. The molecule has 0 bridgehead atoms. The lowest BCUT2D eigenvalue weighted by atomic mass is 9.84. The molecule has 2 amide bonds. The van der Waals surface area contributed by atoms with Crippen molar-refractivity contribution in [3.05, 3.63) is 59.7 Å². The third-order valence-corrected chi connectivity index (χ3v) is 6.98. The molecule has 4 rings (SSSR count). The summed E-state index contributed by atoms with van der Waals surface area (Å²) >= 11 is 0. The summed E-state index contributed by atoms with van der Waals surface area (Å²) in [7, 11) is 0. The van der Waals surface area contributed by atoms with Crippen molar-refractivity contribution in [3.8, 4) is 11.1 Å². The molecule has 7 heteroatoms. The maximum absolute atomic E-state index is 13.0. The second kappa shape index (κ2) is 10.3. The van der Waals surface area contributed by atoms with Gasteiger partial charge in [-0.2, -0.15) is 0 Å². The van der Waals surface area contributed by atoms with E-state index in [9.17, 15) is 19.5 Å². The normalized spacial score (nSPS) is 20.2. The van der Waals surface area contributed by atoms with Gasteiger partial charge in [0.25, 0.3) is 0 Å². The van der Waals surface area contributed by atoms with Crippen LogP contribution in [0.4, 0.5) is 4.79 Å². The molecule has 3 atom stereocenters. The quantitative estimate of drug-likeness (QED) is 0.566. The first-order valence-corrected chi connectivity index (χ1v) is 12.0. The lowest BCUT2D eigenvalue weighted by Gasteiger charge is -2.31. The molecule has 0 aromatic heterocycles. The van der Waals surface area contributed by atoms with Crippen molar-refractivity contribution >= 4 is 18.0 Å². The minimum Gasteiger partial charge on any atom is -0.481 e. The van der Waals surface area contributed by atoms with Crippen LogP contribution in [0.15, 0.2) is 48.5 Å². The summed E-state index contributed by atoms with van der Waals surface area (Å²) in [4.78, 5) is 37.2. The standard InChI is InChI=1S/C27H32N2O5/c1-16(2)24(25(30)28-23-14-8-7-13-21(23)26(31)32)29-27(33)34-15-22-19-11-5-3-9-17(19)18-10-4-6-12-20(18)22/h3-6,9-12,16,21-24H,7-8,13-15H2,1-2H3,(H,28,30)(H,29,33)(H,31,32)/t21?,23?,24-/m0/s1. The molecule has 0 aliphatic heterocycles. The van der Waals surface area contributed by atoms with E-state index in [1.165, 1.54) is 0 Å². The maximum atomic E-state index is 13.0. The number of carbonyl (C=O) groups excluding carboxylic acids is 2. The number of hydrogen-bond donors (Lipinski definition) is 3. The Kier molecular flexibility index (Phi) is 7.20. The number of carboxylic acid groups (broad SMARTS) is 1. The van der Waals surface area contributed by atoms with Crippen LogP contribution < -0.4 is 10.6 Å². The first-order chi connectivity index (χ1) is 16.4. The van der Waals surface area contributed by atoms with Gasteiger partial charge in [-0.25, -0.2) is 4.79 Å². The third kappa shape index (κ3) is 4.93. The van der Waals surface area contributed by atoms with Crippen molar-refractivity contribution in [2.24, 2.45) is 11.8 Å². The van der Waals surface area contributed by atoms with Gasteiger partial charge in [-0.3, -0.25) is 9.59 Å². The fourth-order valence-electron chi connectivity index (χ4n) is 5.17. The van der Waals surface area contributed by atoms with Crippen molar-refractivity contribution < 1.29 is 24.2 Å². The Morgan fingerprint density at radius 2 is 1.56 bits per heavy atom. The van der Waals surface area contributed by atoms with Crippen LogP contribution in [0.2, 0.25) is 0 Å². The summed E-state index contributed by atoms with van der Waals surface area (Å²) in [5, 5.41) is 15.1. The van der Waals surface area contributed by atoms with Gasteiger partial charge in [-0.05, 0) is 41.0 Å². The number of amides is 2. The van der Waals surface area contributed by atoms with Crippen LogP contribution in [0, 0.1) is 11.8 Å². The second-order valence-electron chi connectivity index (χ2n) is 9.54. The van der Waals surface area contributed by atoms with Gasteiger partial charge in [0, 0.05) is 12.0 Å². The Labute approximate surface area is 199 Å². The molecular formula is C27H32N2O5. The van der Waals surface area contributed by atoms with Crippen LogP contribution in [-0.4, -0.2) is 41.8 Å². The molecule has 0 radical (unpaired) electrons. The molecule has 2 aliphatic rings. The molecular weight excluding hydrogens is 432 g/mol. The maximum Gasteiger partial charge on any atom is 0.407 e. The van der Waals surface area contributed by atoms with E-state index in [1.807, 2.05) is 38.1 Å². The topological polar surface area (TPSA) is 105 Å². The number of ether oxygens (including phenoxy) is 1. The fourth-order valence-corrected chi connectivity index (χ4v) is 5.17. The Morgan fingerprint density at radius 1 is 0.971 bits per heavy atom. The van der Waals surface area contributed by atoms with E-state index >= 15 is 0 Å². The largest absolute Gasteiger partial charge is 0.481 e. The Balaban J connectivity index is 1.39. The molecule has 180 valence electrons. The highest BCUT2D eigenvalue weighted by Crippen LogP contribution is 2.44. The summed E-state index contributed by atoms with van der Waals surface area (Å²) in [6.07, 6.45) is 2.23. The minimum absolute atomic E-state index is 0.0666. The van der Waals surface area contributed by atoms with Crippen molar-refractivity contribution in [1.82, 2.24) is 10.6 Å². The molecule has 0 heterocycles. The van der Waals surface area contributed by atoms with Crippen molar-refractivity contribution in [1.29, 1.82) is 0 Å². The number of nitrogens with one attached hydrogen (secondary N) is 2. The van der Waals surface area contributed by atoms with E-state index in [0.29, 0.717) is 12.8 Å². The van der Waals surface area contributed by atoms with Gasteiger partial charge < -0.3 is 20.5 Å². The van der Waals surface area contributed by atoms with Gasteiger partial charge in [0.15, 0.2) is 0 Å². The van der Waals surface area contributed by atoms with E-state index in [1.54, 1.807) is 0 Å². The first-order valence-electron chi connectivity index (χ1n) is 12.0. The van der Waals surface area contributed by atoms with Gasteiger partial charge in [-0.1, -0.05) is 75.2 Å². The molecule has 3 N–H and O–H groups in total. The lowest BCUT2D eigenvalue weighted by Crippen LogP contribution is -2.54. The number of aliphatic carboxylic acids is 1. The van der Waals surface area contributed by atoms with Gasteiger partial charge >= 0.3 is 12.1 Å². The molecule has 2 aliphatic carbocycles. The Bertz CT molecular complexity index is 1020.